The maximum Gasteiger partial charge on any atom is 0.257 e. The summed E-state index contributed by atoms with van der Waals surface area (Å²) in [5.74, 6) is 1.68. The molecule has 24 heavy (non-hydrogen) atoms. The molecule has 2 aliphatic rings. The topological polar surface area (TPSA) is 77.2 Å². The zero-order valence-electron chi connectivity index (χ0n) is 13.7. The number of carbonyl (C=O) groups is 1. The van der Waals surface area contributed by atoms with Gasteiger partial charge in [-0.05, 0) is 56.4 Å². The average molecular weight is 327 g/mol. The normalized spacial score (nSPS) is 18.9. The molecule has 2 aliphatic carbocycles. The van der Waals surface area contributed by atoms with E-state index in [1.54, 1.807) is 19.2 Å². The SMILES string of the molecule is COC1(CNC(=O)c2ccc(-c3nc(C4CC4)no3)cc2)CCC1. The molecule has 2 fully saturated rings. The van der Waals surface area contributed by atoms with Gasteiger partial charge in [-0.2, -0.15) is 4.98 Å². The van der Waals surface area contributed by atoms with Crippen LogP contribution in [0.25, 0.3) is 11.5 Å². The molecule has 2 saturated carbocycles. The Balaban J connectivity index is 1.40. The first-order valence-corrected chi connectivity index (χ1v) is 8.46. The van der Waals surface area contributed by atoms with E-state index < -0.39 is 0 Å². The predicted octanol–water partition coefficient (Wildman–Crippen LogP) is 2.91. The Kier molecular flexibility index (Phi) is 3.84. The predicted molar refractivity (Wildman–Crippen MR) is 87.6 cm³/mol. The molecular weight excluding hydrogens is 306 g/mol. The lowest BCUT2D eigenvalue weighted by Gasteiger charge is -2.40. The smallest absolute Gasteiger partial charge is 0.257 e. The lowest BCUT2D eigenvalue weighted by atomic mass is 9.80. The summed E-state index contributed by atoms with van der Waals surface area (Å²) >= 11 is 0. The van der Waals surface area contributed by atoms with E-state index >= 15 is 0 Å². The molecular formula is C18H21N3O3. The van der Waals surface area contributed by atoms with Crippen molar-refractivity contribution in [3.05, 3.63) is 35.7 Å². The fourth-order valence-corrected chi connectivity index (χ4v) is 2.99. The molecule has 1 N–H and O–H groups in total. The summed E-state index contributed by atoms with van der Waals surface area (Å²) in [5.41, 5.74) is 1.28. The molecule has 2 aromatic rings. The van der Waals surface area contributed by atoms with Crippen LogP contribution in [0.2, 0.25) is 0 Å². The van der Waals surface area contributed by atoms with E-state index in [-0.39, 0.29) is 11.5 Å². The highest BCUT2D eigenvalue weighted by Crippen LogP contribution is 2.39. The fraction of sp³-hybridized carbons (Fsp3) is 0.500. The number of nitrogens with zero attached hydrogens (tertiary/aromatic N) is 2. The Bertz CT molecular complexity index is 725. The van der Waals surface area contributed by atoms with Crippen molar-refractivity contribution in [3.8, 4) is 11.5 Å². The first kappa shape index (κ1) is 15.3. The third-order valence-electron chi connectivity index (χ3n) is 5.05. The molecule has 0 spiro atoms. The van der Waals surface area contributed by atoms with Crippen molar-refractivity contribution in [3.63, 3.8) is 0 Å². The van der Waals surface area contributed by atoms with Crippen molar-refractivity contribution >= 4 is 5.91 Å². The maximum absolute atomic E-state index is 12.3. The van der Waals surface area contributed by atoms with E-state index in [1.165, 1.54) is 0 Å². The second-order valence-electron chi connectivity index (χ2n) is 6.73. The summed E-state index contributed by atoms with van der Waals surface area (Å²) in [6, 6.07) is 7.25. The number of hydrogen-bond acceptors (Lipinski definition) is 5. The Labute approximate surface area is 140 Å². The van der Waals surface area contributed by atoms with Crippen LogP contribution in [-0.4, -0.2) is 35.3 Å². The van der Waals surface area contributed by atoms with Crippen LogP contribution in [0.1, 0.15) is 54.2 Å². The Morgan fingerprint density at radius 3 is 2.67 bits per heavy atom. The largest absolute Gasteiger partial charge is 0.376 e. The van der Waals surface area contributed by atoms with E-state index in [1.807, 2.05) is 12.1 Å². The minimum atomic E-state index is -0.168. The van der Waals surface area contributed by atoms with Gasteiger partial charge in [0.15, 0.2) is 5.82 Å². The molecule has 1 amide bonds. The molecule has 6 heteroatoms. The third-order valence-corrected chi connectivity index (χ3v) is 5.05. The van der Waals surface area contributed by atoms with Crippen LogP contribution in [0.4, 0.5) is 0 Å². The first-order valence-electron chi connectivity index (χ1n) is 8.46. The van der Waals surface area contributed by atoms with Crippen LogP contribution in [0.3, 0.4) is 0 Å². The molecule has 1 aromatic heterocycles. The molecule has 4 rings (SSSR count). The minimum Gasteiger partial charge on any atom is -0.376 e. The van der Waals surface area contributed by atoms with E-state index in [0.29, 0.717) is 23.9 Å². The number of ether oxygens (including phenoxy) is 1. The second kappa shape index (κ2) is 6.02. The van der Waals surface area contributed by atoms with Crippen molar-refractivity contribution in [2.24, 2.45) is 0 Å². The van der Waals surface area contributed by atoms with Crippen molar-refractivity contribution in [1.82, 2.24) is 15.5 Å². The lowest BCUT2D eigenvalue weighted by molar-refractivity contribution is -0.0679. The monoisotopic (exact) mass is 327 g/mol. The highest BCUT2D eigenvalue weighted by molar-refractivity contribution is 5.94. The minimum absolute atomic E-state index is 0.0888. The zero-order chi connectivity index (χ0) is 16.6. The van der Waals surface area contributed by atoms with Gasteiger partial charge in [-0.25, -0.2) is 0 Å². The summed E-state index contributed by atoms with van der Waals surface area (Å²) in [6.45, 7) is 0.554. The third kappa shape index (κ3) is 2.94. The summed E-state index contributed by atoms with van der Waals surface area (Å²) in [4.78, 5) is 16.7. The van der Waals surface area contributed by atoms with Gasteiger partial charge in [0.05, 0.1) is 5.60 Å². The second-order valence-corrected chi connectivity index (χ2v) is 6.73. The summed E-state index contributed by atoms with van der Waals surface area (Å²) in [6.07, 6.45) is 5.44. The highest BCUT2D eigenvalue weighted by atomic mass is 16.5. The number of aromatic nitrogens is 2. The summed E-state index contributed by atoms with van der Waals surface area (Å²) in [5, 5.41) is 6.98. The van der Waals surface area contributed by atoms with Gasteiger partial charge in [-0.1, -0.05) is 5.16 Å². The van der Waals surface area contributed by atoms with Crippen molar-refractivity contribution in [1.29, 1.82) is 0 Å². The van der Waals surface area contributed by atoms with E-state index in [9.17, 15) is 4.79 Å². The molecule has 0 saturated heterocycles. The molecule has 1 aromatic carbocycles. The van der Waals surface area contributed by atoms with E-state index in [0.717, 1.165) is 43.5 Å². The van der Waals surface area contributed by atoms with Crippen molar-refractivity contribution in [2.45, 2.75) is 43.6 Å². The molecule has 126 valence electrons. The Morgan fingerprint density at radius 1 is 1.33 bits per heavy atom. The summed E-state index contributed by atoms with van der Waals surface area (Å²) in [7, 11) is 1.71. The van der Waals surface area contributed by atoms with Crippen LogP contribution in [0, 0.1) is 0 Å². The number of carbonyl (C=O) groups excluding carboxylic acids is 1. The average Bonchev–Trinajstić information content (AvgIpc) is 3.31. The summed E-state index contributed by atoms with van der Waals surface area (Å²) < 4.78 is 10.8. The quantitative estimate of drug-likeness (QED) is 0.882. The van der Waals surface area contributed by atoms with Crippen LogP contribution >= 0.6 is 0 Å². The number of methoxy groups -OCH3 is 1. The lowest BCUT2D eigenvalue weighted by Crippen LogP contribution is -2.49. The van der Waals surface area contributed by atoms with Crippen molar-refractivity contribution < 1.29 is 14.1 Å². The van der Waals surface area contributed by atoms with Gasteiger partial charge in [0.2, 0.25) is 0 Å². The number of benzene rings is 1. The van der Waals surface area contributed by atoms with E-state index in [4.69, 9.17) is 9.26 Å². The highest BCUT2D eigenvalue weighted by Gasteiger charge is 2.37. The van der Waals surface area contributed by atoms with Crippen LogP contribution < -0.4 is 5.32 Å². The zero-order valence-corrected chi connectivity index (χ0v) is 13.7. The number of rotatable bonds is 6. The van der Waals surface area contributed by atoms with Crippen LogP contribution in [-0.2, 0) is 4.74 Å². The van der Waals surface area contributed by atoms with Crippen LogP contribution in [0.15, 0.2) is 28.8 Å². The first-order chi connectivity index (χ1) is 11.7. The molecule has 0 radical (unpaired) electrons. The van der Waals surface area contributed by atoms with Gasteiger partial charge >= 0.3 is 0 Å². The number of hydrogen-bond donors (Lipinski definition) is 1. The Hall–Kier alpha value is -2.21. The van der Waals surface area contributed by atoms with Gasteiger partial charge in [0, 0.05) is 30.7 Å². The number of amides is 1. The molecule has 0 atom stereocenters. The maximum atomic E-state index is 12.3. The van der Waals surface area contributed by atoms with Gasteiger partial charge in [-0.15, -0.1) is 0 Å². The molecule has 0 aliphatic heterocycles. The molecule has 6 nitrogen and oxygen atoms in total. The van der Waals surface area contributed by atoms with Crippen LogP contribution in [0.5, 0.6) is 0 Å². The number of nitrogens with one attached hydrogen (secondary N) is 1. The van der Waals surface area contributed by atoms with Gasteiger partial charge < -0.3 is 14.6 Å². The van der Waals surface area contributed by atoms with Gasteiger partial charge in [0.1, 0.15) is 0 Å². The van der Waals surface area contributed by atoms with Gasteiger partial charge in [0.25, 0.3) is 11.8 Å². The molecule has 1 heterocycles. The van der Waals surface area contributed by atoms with Crippen molar-refractivity contribution in [2.75, 3.05) is 13.7 Å². The van der Waals surface area contributed by atoms with E-state index in [2.05, 4.69) is 15.5 Å². The Morgan fingerprint density at radius 2 is 2.08 bits per heavy atom. The molecule has 0 unspecified atom stereocenters. The standard InChI is InChI=1S/C18H21N3O3/c1-23-18(9-2-10-18)11-19-16(22)13-5-7-14(8-6-13)17-20-15(21-24-17)12-3-4-12/h5-8,12H,2-4,9-11H2,1H3,(H,19,22). The fourth-order valence-electron chi connectivity index (χ4n) is 2.99. The van der Waals surface area contributed by atoms with Gasteiger partial charge in [-0.3, -0.25) is 4.79 Å². The molecule has 0 bridgehead atoms.